The van der Waals surface area contributed by atoms with E-state index in [4.69, 9.17) is 0 Å². The van der Waals surface area contributed by atoms with Crippen molar-refractivity contribution in [2.75, 3.05) is 18.0 Å². The van der Waals surface area contributed by atoms with E-state index >= 15 is 0 Å². The number of β-amino-alcohol motifs (C(OH)–C–C–N with tert-alkyl or cyclic N) is 1. The first-order valence-electron chi connectivity index (χ1n) is 5.22. The molecule has 0 saturated carbocycles. The number of piperidine rings is 1. The van der Waals surface area contributed by atoms with Crippen LogP contribution >= 0.6 is 15.9 Å². The predicted molar refractivity (Wildman–Crippen MR) is 64.1 cm³/mol. The van der Waals surface area contributed by atoms with E-state index in [2.05, 4.69) is 38.8 Å². The number of aliphatic hydroxyl groups excluding tert-OH is 1. The molecule has 1 aromatic rings. The fourth-order valence-electron chi connectivity index (χ4n) is 1.86. The van der Waals surface area contributed by atoms with Crippen molar-refractivity contribution in [2.45, 2.75) is 25.9 Å². The van der Waals surface area contributed by atoms with Crippen molar-refractivity contribution in [1.29, 1.82) is 0 Å². The molecule has 4 heteroatoms. The number of rotatable bonds is 1. The number of aliphatic hydroxyl groups is 1. The van der Waals surface area contributed by atoms with E-state index in [1.165, 1.54) is 5.56 Å². The van der Waals surface area contributed by atoms with Crippen molar-refractivity contribution in [3.63, 3.8) is 0 Å². The third-order valence-electron chi connectivity index (χ3n) is 2.75. The van der Waals surface area contributed by atoms with Crippen LogP contribution < -0.4 is 4.90 Å². The molecule has 3 nitrogen and oxygen atoms in total. The summed E-state index contributed by atoms with van der Waals surface area (Å²) >= 11 is 3.43. The van der Waals surface area contributed by atoms with E-state index in [0.717, 1.165) is 29.7 Å². The Morgan fingerprint density at radius 1 is 1.60 bits per heavy atom. The van der Waals surface area contributed by atoms with Crippen molar-refractivity contribution in [1.82, 2.24) is 4.98 Å². The van der Waals surface area contributed by atoms with Gasteiger partial charge in [-0.1, -0.05) is 0 Å². The molecule has 0 aromatic carbocycles. The van der Waals surface area contributed by atoms with Crippen LogP contribution in [0.3, 0.4) is 0 Å². The smallest absolute Gasteiger partial charge is 0.128 e. The number of pyridine rings is 1. The van der Waals surface area contributed by atoms with Crippen LogP contribution in [0.2, 0.25) is 0 Å². The van der Waals surface area contributed by atoms with E-state index in [-0.39, 0.29) is 6.10 Å². The highest BCUT2D eigenvalue weighted by Crippen LogP contribution is 2.22. The fourth-order valence-corrected chi connectivity index (χ4v) is 2.08. The zero-order valence-electron chi connectivity index (χ0n) is 8.78. The Hall–Kier alpha value is -0.610. The molecule has 1 atom stereocenters. The molecule has 1 saturated heterocycles. The van der Waals surface area contributed by atoms with Crippen LogP contribution in [0, 0.1) is 6.92 Å². The molecule has 1 fully saturated rings. The Kier molecular flexibility index (Phi) is 3.26. The number of anilines is 1. The minimum atomic E-state index is -0.204. The first-order valence-corrected chi connectivity index (χ1v) is 6.01. The highest BCUT2D eigenvalue weighted by Gasteiger charge is 2.18. The lowest BCUT2D eigenvalue weighted by Crippen LogP contribution is -2.38. The van der Waals surface area contributed by atoms with Gasteiger partial charge in [0.2, 0.25) is 0 Å². The second-order valence-corrected chi connectivity index (χ2v) is 4.89. The highest BCUT2D eigenvalue weighted by molar-refractivity contribution is 9.10. The number of halogens is 1. The van der Waals surface area contributed by atoms with Crippen LogP contribution in [-0.2, 0) is 0 Å². The lowest BCUT2D eigenvalue weighted by atomic mass is 10.1. The van der Waals surface area contributed by atoms with Crippen molar-refractivity contribution in [3.8, 4) is 0 Å². The summed E-state index contributed by atoms with van der Waals surface area (Å²) in [7, 11) is 0. The van der Waals surface area contributed by atoms with Gasteiger partial charge in [-0.3, -0.25) is 0 Å². The van der Waals surface area contributed by atoms with E-state index in [9.17, 15) is 5.11 Å². The van der Waals surface area contributed by atoms with Crippen molar-refractivity contribution >= 4 is 21.7 Å². The molecule has 0 unspecified atom stereocenters. The number of hydrogen-bond acceptors (Lipinski definition) is 3. The summed E-state index contributed by atoms with van der Waals surface area (Å²) in [6.45, 7) is 3.74. The topological polar surface area (TPSA) is 36.4 Å². The number of aryl methyl sites for hydroxylation is 1. The monoisotopic (exact) mass is 270 g/mol. The average Bonchev–Trinajstić information content (AvgIpc) is 2.22. The van der Waals surface area contributed by atoms with E-state index in [1.807, 2.05) is 6.20 Å². The number of nitrogens with zero attached hydrogens (tertiary/aromatic N) is 2. The predicted octanol–water partition coefficient (Wildman–Crippen LogP) is 2.11. The Balaban J connectivity index is 2.18. The van der Waals surface area contributed by atoms with Crippen molar-refractivity contribution in [3.05, 3.63) is 22.3 Å². The third kappa shape index (κ3) is 2.49. The summed E-state index contributed by atoms with van der Waals surface area (Å²) in [5.74, 6) is 0.967. The van der Waals surface area contributed by atoms with Gasteiger partial charge >= 0.3 is 0 Å². The normalized spacial score (nSPS) is 21.8. The summed E-state index contributed by atoms with van der Waals surface area (Å²) in [6.07, 6.45) is 3.57. The minimum absolute atomic E-state index is 0.204. The van der Waals surface area contributed by atoms with Gasteiger partial charge in [0.1, 0.15) is 5.82 Å². The Bertz CT molecular complexity index is 356. The van der Waals surface area contributed by atoms with Crippen LogP contribution in [0.1, 0.15) is 18.4 Å². The fraction of sp³-hybridized carbons (Fsp3) is 0.545. The summed E-state index contributed by atoms with van der Waals surface area (Å²) in [5.41, 5.74) is 1.18. The second-order valence-electron chi connectivity index (χ2n) is 4.03. The molecule has 1 aliphatic rings. The lowest BCUT2D eigenvalue weighted by molar-refractivity contribution is 0.154. The minimum Gasteiger partial charge on any atom is -0.391 e. The largest absolute Gasteiger partial charge is 0.391 e. The highest BCUT2D eigenvalue weighted by atomic mass is 79.9. The summed E-state index contributed by atoms with van der Waals surface area (Å²) in [6, 6.07) is 2.06. The molecule has 15 heavy (non-hydrogen) atoms. The van der Waals surface area contributed by atoms with Gasteiger partial charge in [0, 0.05) is 23.8 Å². The molecule has 1 aromatic heterocycles. The third-order valence-corrected chi connectivity index (χ3v) is 3.58. The number of aromatic nitrogens is 1. The maximum atomic E-state index is 9.59. The summed E-state index contributed by atoms with van der Waals surface area (Å²) in [4.78, 5) is 6.51. The van der Waals surface area contributed by atoms with Crippen LogP contribution in [0.15, 0.2) is 16.7 Å². The van der Waals surface area contributed by atoms with Gasteiger partial charge in [-0.2, -0.15) is 0 Å². The molecular formula is C11H15BrN2O. The summed E-state index contributed by atoms with van der Waals surface area (Å²) in [5, 5.41) is 9.59. The van der Waals surface area contributed by atoms with Crippen LogP contribution in [0.4, 0.5) is 5.82 Å². The molecular weight excluding hydrogens is 256 g/mol. The van der Waals surface area contributed by atoms with Crippen molar-refractivity contribution in [2.24, 2.45) is 0 Å². The molecule has 0 spiro atoms. The maximum absolute atomic E-state index is 9.59. The van der Waals surface area contributed by atoms with Gasteiger partial charge in [-0.25, -0.2) is 4.98 Å². The molecule has 2 rings (SSSR count). The Morgan fingerprint density at radius 2 is 2.40 bits per heavy atom. The van der Waals surface area contributed by atoms with Gasteiger partial charge in [0.05, 0.1) is 6.10 Å². The summed E-state index contributed by atoms with van der Waals surface area (Å²) < 4.78 is 1.03. The zero-order valence-corrected chi connectivity index (χ0v) is 10.4. The maximum Gasteiger partial charge on any atom is 0.128 e. The molecule has 0 amide bonds. The van der Waals surface area contributed by atoms with E-state index < -0.39 is 0 Å². The standard InChI is InChI=1S/C11H15BrN2O/c1-8-5-11(13-6-10(8)12)14-4-2-3-9(15)7-14/h5-6,9,15H,2-4,7H2,1H3/t9-/m0/s1. The first kappa shape index (κ1) is 10.9. The molecule has 82 valence electrons. The van der Waals surface area contributed by atoms with Gasteiger partial charge in [0.25, 0.3) is 0 Å². The van der Waals surface area contributed by atoms with E-state index in [1.54, 1.807) is 0 Å². The lowest BCUT2D eigenvalue weighted by Gasteiger charge is -2.31. The molecule has 1 N–H and O–H groups in total. The van der Waals surface area contributed by atoms with Gasteiger partial charge in [0.15, 0.2) is 0 Å². The van der Waals surface area contributed by atoms with Gasteiger partial charge in [-0.15, -0.1) is 0 Å². The SMILES string of the molecule is Cc1cc(N2CCC[C@H](O)C2)ncc1Br. The first-order chi connectivity index (χ1) is 7.16. The molecule has 2 heterocycles. The zero-order chi connectivity index (χ0) is 10.8. The molecule has 0 aliphatic carbocycles. The number of hydrogen-bond donors (Lipinski definition) is 1. The van der Waals surface area contributed by atoms with Crippen LogP contribution in [0.25, 0.3) is 0 Å². The Morgan fingerprint density at radius 3 is 3.07 bits per heavy atom. The van der Waals surface area contributed by atoms with Gasteiger partial charge < -0.3 is 10.0 Å². The Labute approximate surface area is 98.3 Å². The molecule has 1 aliphatic heterocycles. The van der Waals surface area contributed by atoms with Crippen LogP contribution in [-0.4, -0.2) is 29.3 Å². The molecule has 0 radical (unpaired) electrons. The second kappa shape index (κ2) is 4.49. The quantitative estimate of drug-likeness (QED) is 0.850. The molecule has 0 bridgehead atoms. The van der Waals surface area contributed by atoms with E-state index in [0.29, 0.717) is 6.54 Å². The van der Waals surface area contributed by atoms with Gasteiger partial charge in [-0.05, 0) is 47.3 Å². The average molecular weight is 271 g/mol. The van der Waals surface area contributed by atoms with Crippen LogP contribution in [0.5, 0.6) is 0 Å². The van der Waals surface area contributed by atoms with Crippen molar-refractivity contribution < 1.29 is 5.11 Å².